The highest BCUT2D eigenvalue weighted by Crippen LogP contribution is 2.21. The minimum absolute atomic E-state index is 0.252. The molecule has 0 aromatic rings. The van der Waals surface area contributed by atoms with Crippen LogP contribution in [0.5, 0.6) is 0 Å². The van der Waals surface area contributed by atoms with Crippen molar-refractivity contribution in [2.24, 2.45) is 0 Å². The number of methoxy groups -OCH3 is 1. The quantitative estimate of drug-likeness (QED) is 0.685. The first-order valence-electron chi connectivity index (χ1n) is 6.87. The average Bonchev–Trinajstić information content (AvgIpc) is 2.82. The second-order valence-corrected chi connectivity index (χ2v) is 5.58. The van der Waals surface area contributed by atoms with Crippen LogP contribution in [0.1, 0.15) is 32.6 Å². The van der Waals surface area contributed by atoms with E-state index in [1.165, 1.54) is 25.7 Å². The van der Waals surface area contributed by atoms with Crippen molar-refractivity contribution < 1.29 is 4.74 Å². The van der Waals surface area contributed by atoms with Crippen LogP contribution in [0.2, 0.25) is 0 Å². The predicted molar refractivity (Wildman–Crippen MR) is 80.0 cm³/mol. The third kappa shape index (κ3) is 5.98. The summed E-state index contributed by atoms with van der Waals surface area (Å²) in [5, 5.41) is 7.17. The molecule has 106 valence electrons. The van der Waals surface area contributed by atoms with Crippen LogP contribution in [0.25, 0.3) is 0 Å². The van der Waals surface area contributed by atoms with Gasteiger partial charge in [0, 0.05) is 32.3 Å². The molecule has 18 heavy (non-hydrogen) atoms. The van der Waals surface area contributed by atoms with Gasteiger partial charge in [0.1, 0.15) is 0 Å². The van der Waals surface area contributed by atoms with Crippen molar-refractivity contribution >= 4 is 17.3 Å². The molecule has 0 aromatic carbocycles. The average molecular weight is 273 g/mol. The Labute approximate surface area is 116 Å². The zero-order valence-electron chi connectivity index (χ0n) is 11.9. The third-order valence-electron chi connectivity index (χ3n) is 3.49. The number of nitrogens with zero attached hydrogens (tertiary/aromatic N) is 1. The molecule has 1 unspecified atom stereocenters. The van der Waals surface area contributed by atoms with Gasteiger partial charge in [-0.1, -0.05) is 12.8 Å². The van der Waals surface area contributed by atoms with Gasteiger partial charge >= 0.3 is 0 Å². The Morgan fingerprint density at radius 3 is 2.72 bits per heavy atom. The number of rotatable bonds is 7. The van der Waals surface area contributed by atoms with E-state index in [0.717, 1.165) is 24.2 Å². The molecule has 0 aliphatic heterocycles. The fourth-order valence-corrected chi connectivity index (χ4v) is 2.74. The molecule has 1 aliphatic rings. The van der Waals surface area contributed by atoms with Crippen LogP contribution < -0.4 is 10.6 Å². The lowest BCUT2D eigenvalue weighted by atomic mass is 10.2. The summed E-state index contributed by atoms with van der Waals surface area (Å²) in [4.78, 5) is 2.45. The summed E-state index contributed by atoms with van der Waals surface area (Å²) in [6.45, 7) is 4.68. The molecular formula is C13H27N3OS. The lowest BCUT2D eigenvalue weighted by molar-refractivity contribution is 0.179. The number of thiocarbonyl (C=S) groups is 1. The number of likely N-dealkylation sites (N-methyl/N-ethyl adjacent to an activating group) is 1. The maximum Gasteiger partial charge on any atom is 0.166 e. The van der Waals surface area contributed by atoms with Crippen molar-refractivity contribution in [3.05, 3.63) is 0 Å². The summed E-state index contributed by atoms with van der Waals surface area (Å²) in [5.74, 6) is 0. The lowest BCUT2D eigenvalue weighted by Gasteiger charge is -2.24. The van der Waals surface area contributed by atoms with Crippen LogP contribution in [-0.2, 0) is 4.74 Å². The van der Waals surface area contributed by atoms with Gasteiger partial charge in [-0.25, -0.2) is 0 Å². The number of hydrogen-bond acceptors (Lipinski definition) is 3. The molecule has 0 aromatic heterocycles. The fraction of sp³-hybridized carbons (Fsp3) is 0.923. The van der Waals surface area contributed by atoms with E-state index in [2.05, 4.69) is 29.5 Å². The van der Waals surface area contributed by atoms with Gasteiger partial charge in [0.15, 0.2) is 5.11 Å². The Bertz CT molecular complexity index is 244. The predicted octanol–water partition coefficient (Wildman–Crippen LogP) is 1.36. The zero-order chi connectivity index (χ0) is 13.4. The molecule has 1 saturated carbocycles. The van der Waals surface area contributed by atoms with Gasteiger partial charge in [0.25, 0.3) is 0 Å². The molecule has 1 aliphatic carbocycles. The molecular weight excluding hydrogens is 246 g/mol. The number of hydrogen-bond donors (Lipinski definition) is 2. The molecule has 0 amide bonds. The normalized spacial score (nSPS) is 18.0. The maximum absolute atomic E-state index is 5.23. The van der Waals surface area contributed by atoms with Gasteiger partial charge in [0.05, 0.1) is 6.61 Å². The van der Waals surface area contributed by atoms with Gasteiger partial charge in [-0.3, -0.25) is 0 Å². The minimum atomic E-state index is 0.252. The highest BCUT2D eigenvalue weighted by molar-refractivity contribution is 7.80. The SMILES string of the molecule is COCC(C)NC(=S)NCCN(C)C1CCCC1. The van der Waals surface area contributed by atoms with E-state index in [0.29, 0.717) is 6.61 Å². The molecule has 4 nitrogen and oxygen atoms in total. The van der Waals surface area contributed by atoms with Crippen molar-refractivity contribution in [2.75, 3.05) is 33.9 Å². The Hall–Kier alpha value is -0.390. The molecule has 1 fully saturated rings. The Balaban J connectivity index is 2.07. The van der Waals surface area contributed by atoms with Crippen LogP contribution in [0.15, 0.2) is 0 Å². The Morgan fingerprint density at radius 2 is 2.11 bits per heavy atom. The van der Waals surface area contributed by atoms with Crippen LogP contribution in [0, 0.1) is 0 Å². The van der Waals surface area contributed by atoms with Crippen molar-refractivity contribution in [3.8, 4) is 0 Å². The molecule has 0 saturated heterocycles. The Morgan fingerprint density at radius 1 is 1.44 bits per heavy atom. The summed E-state index contributed by atoms with van der Waals surface area (Å²) in [6, 6.07) is 1.03. The van der Waals surface area contributed by atoms with Crippen molar-refractivity contribution in [1.29, 1.82) is 0 Å². The van der Waals surface area contributed by atoms with E-state index in [9.17, 15) is 0 Å². The Kier molecular flexibility index (Phi) is 7.54. The molecule has 2 N–H and O–H groups in total. The second kappa shape index (κ2) is 8.67. The molecule has 1 rings (SSSR count). The van der Waals surface area contributed by atoms with Crippen LogP contribution in [0.3, 0.4) is 0 Å². The first-order chi connectivity index (χ1) is 8.63. The summed E-state index contributed by atoms with van der Waals surface area (Å²) >= 11 is 5.23. The molecule has 0 bridgehead atoms. The summed E-state index contributed by atoms with van der Waals surface area (Å²) in [5.41, 5.74) is 0. The highest BCUT2D eigenvalue weighted by atomic mass is 32.1. The first-order valence-corrected chi connectivity index (χ1v) is 7.28. The molecule has 5 heteroatoms. The molecule has 0 spiro atoms. The number of ether oxygens (including phenoxy) is 1. The molecule has 0 radical (unpaired) electrons. The second-order valence-electron chi connectivity index (χ2n) is 5.18. The lowest BCUT2D eigenvalue weighted by Crippen LogP contribution is -2.45. The van der Waals surface area contributed by atoms with Crippen LogP contribution >= 0.6 is 12.2 Å². The summed E-state index contributed by atoms with van der Waals surface area (Å²) in [6.07, 6.45) is 5.47. The van der Waals surface area contributed by atoms with Crippen molar-refractivity contribution in [3.63, 3.8) is 0 Å². The topological polar surface area (TPSA) is 36.5 Å². The van der Waals surface area contributed by atoms with E-state index >= 15 is 0 Å². The van der Waals surface area contributed by atoms with E-state index in [1.807, 2.05) is 0 Å². The monoisotopic (exact) mass is 273 g/mol. The van der Waals surface area contributed by atoms with Crippen molar-refractivity contribution in [2.45, 2.75) is 44.7 Å². The first kappa shape index (κ1) is 15.7. The fourth-order valence-electron chi connectivity index (χ4n) is 2.44. The standard InChI is InChI=1S/C13H27N3OS/c1-11(10-17-3)15-13(18)14-8-9-16(2)12-6-4-5-7-12/h11-12H,4-10H2,1-3H3,(H2,14,15,18). The van der Waals surface area contributed by atoms with Crippen LogP contribution in [0.4, 0.5) is 0 Å². The van der Waals surface area contributed by atoms with Gasteiger partial charge in [-0.05, 0) is 39.0 Å². The van der Waals surface area contributed by atoms with E-state index in [4.69, 9.17) is 17.0 Å². The van der Waals surface area contributed by atoms with Gasteiger partial charge < -0.3 is 20.3 Å². The molecule has 0 heterocycles. The van der Waals surface area contributed by atoms with Gasteiger partial charge in [0.2, 0.25) is 0 Å². The van der Waals surface area contributed by atoms with Gasteiger partial charge in [-0.15, -0.1) is 0 Å². The third-order valence-corrected chi connectivity index (χ3v) is 3.75. The van der Waals surface area contributed by atoms with E-state index in [-0.39, 0.29) is 6.04 Å². The smallest absolute Gasteiger partial charge is 0.166 e. The number of nitrogens with one attached hydrogen (secondary N) is 2. The maximum atomic E-state index is 5.23. The highest BCUT2D eigenvalue weighted by Gasteiger charge is 2.18. The largest absolute Gasteiger partial charge is 0.383 e. The minimum Gasteiger partial charge on any atom is -0.383 e. The van der Waals surface area contributed by atoms with Gasteiger partial charge in [-0.2, -0.15) is 0 Å². The van der Waals surface area contributed by atoms with Crippen molar-refractivity contribution in [1.82, 2.24) is 15.5 Å². The van der Waals surface area contributed by atoms with Crippen LogP contribution in [-0.4, -0.2) is 55.9 Å². The molecule has 1 atom stereocenters. The van der Waals surface area contributed by atoms with E-state index in [1.54, 1.807) is 7.11 Å². The summed E-state index contributed by atoms with van der Waals surface area (Å²) in [7, 11) is 3.91. The summed E-state index contributed by atoms with van der Waals surface area (Å²) < 4.78 is 5.06. The zero-order valence-corrected chi connectivity index (χ0v) is 12.7. The van der Waals surface area contributed by atoms with E-state index < -0.39 is 0 Å².